The number of hydrogen-bond acceptors (Lipinski definition) is 2. The molecule has 0 heterocycles. The van der Waals surface area contributed by atoms with Crippen molar-refractivity contribution in [3.63, 3.8) is 0 Å². The van der Waals surface area contributed by atoms with Crippen LogP contribution in [0.25, 0.3) is 0 Å². The van der Waals surface area contributed by atoms with Crippen LogP contribution in [0.4, 0.5) is 4.39 Å². The summed E-state index contributed by atoms with van der Waals surface area (Å²) < 4.78 is 14.2. The van der Waals surface area contributed by atoms with Gasteiger partial charge in [0, 0.05) is 17.4 Å². The van der Waals surface area contributed by atoms with Crippen molar-refractivity contribution in [1.82, 2.24) is 5.32 Å². The number of aliphatic carboxylic acids is 1. The summed E-state index contributed by atoms with van der Waals surface area (Å²) >= 11 is 3.14. The Bertz CT molecular complexity index is 508. The number of hydrogen-bond donors (Lipinski definition) is 2. The molecule has 0 aliphatic heterocycles. The van der Waals surface area contributed by atoms with E-state index in [4.69, 9.17) is 5.11 Å². The summed E-state index contributed by atoms with van der Waals surface area (Å²) in [7, 11) is 0. The molecule has 1 amide bonds. The molecular weight excluding hydrogens is 341 g/mol. The van der Waals surface area contributed by atoms with Crippen LogP contribution >= 0.6 is 15.9 Å². The molecule has 1 aromatic rings. The van der Waals surface area contributed by atoms with Gasteiger partial charge in [0.25, 0.3) is 5.91 Å². The smallest absolute Gasteiger partial charge is 0.303 e. The van der Waals surface area contributed by atoms with E-state index in [2.05, 4.69) is 21.2 Å². The zero-order valence-electron chi connectivity index (χ0n) is 11.9. The van der Waals surface area contributed by atoms with Crippen molar-refractivity contribution in [2.75, 3.05) is 6.54 Å². The van der Waals surface area contributed by atoms with Crippen LogP contribution in [0, 0.1) is 11.7 Å². The van der Waals surface area contributed by atoms with E-state index in [1.807, 2.05) is 6.92 Å². The van der Waals surface area contributed by atoms with Gasteiger partial charge in [0.05, 0.1) is 5.56 Å². The zero-order valence-corrected chi connectivity index (χ0v) is 13.5. The van der Waals surface area contributed by atoms with E-state index in [-0.39, 0.29) is 17.9 Å². The van der Waals surface area contributed by atoms with Crippen LogP contribution in [0.2, 0.25) is 0 Å². The third-order valence-corrected chi connectivity index (χ3v) is 3.85. The van der Waals surface area contributed by atoms with Crippen LogP contribution in [-0.4, -0.2) is 23.5 Å². The van der Waals surface area contributed by atoms with E-state index in [9.17, 15) is 14.0 Å². The molecule has 21 heavy (non-hydrogen) atoms. The van der Waals surface area contributed by atoms with E-state index in [1.54, 1.807) is 6.07 Å². The Morgan fingerprint density at radius 1 is 1.38 bits per heavy atom. The van der Waals surface area contributed by atoms with Gasteiger partial charge in [-0.3, -0.25) is 9.59 Å². The van der Waals surface area contributed by atoms with Gasteiger partial charge in [0.15, 0.2) is 0 Å². The topological polar surface area (TPSA) is 66.4 Å². The van der Waals surface area contributed by atoms with Gasteiger partial charge in [-0.05, 0) is 37.0 Å². The molecule has 4 nitrogen and oxygen atoms in total. The lowest BCUT2D eigenvalue weighted by Gasteiger charge is -2.14. The highest BCUT2D eigenvalue weighted by atomic mass is 79.9. The van der Waals surface area contributed by atoms with Gasteiger partial charge in [0.2, 0.25) is 0 Å². The van der Waals surface area contributed by atoms with Gasteiger partial charge in [-0.25, -0.2) is 4.39 Å². The van der Waals surface area contributed by atoms with Crippen LogP contribution in [0.1, 0.15) is 43.0 Å². The van der Waals surface area contributed by atoms with Crippen LogP contribution in [0.3, 0.4) is 0 Å². The molecule has 0 aliphatic carbocycles. The second-order valence-electron chi connectivity index (χ2n) is 4.88. The van der Waals surface area contributed by atoms with Crippen molar-refractivity contribution in [3.05, 3.63) is 34.1 Å². The van der Waals surface area contributed by atoms with Crippen LogP contribution < -0.4 is 5.32 Å². The van der Waals surface area contributed by atoms with E-state index in [1.165, 1.54) is 12.1 Å². The number of carbonyl (C=O) groups is 2. The Hall–Kier alpha value is -1.43. The third kappa shape index (κ3) is 6.25. The summed E-state index contributed by atoms with van der Waals surface area (Å²) in [5.74, 6) is -1.58. The number of carboxylic acid groups (broad SMARTS) is 1. The number of carboxylic acids is 1. The molecule has 6 heteroatoms. The number of nitrogens with one attached hydrogen (secondary N) is 1. The molecule has 2 N–H and O–H groups in total. The quantitative estimate of drug-likeness (QED) is 0.745. The molecule has 1 unspecified atom stereocenters. The molecule has 0 saturated carbocycles. The maximum atomic E-state index is 13.6. The molecule has 0 aromatic heterocycles. The first kappa shape index (κ1) is 17.6. The Morgan fingerprint density at radius 2 is 2.10 bits per heavy atom. The van der Waals surface area contributed by atoms with Crippen molar-refractivity contribution in [2.45, 2.75) is 32.6 Å². The lowest BCUT2D eigenvalue weighted by atomic mass is 9.96. The summed E-state index contributed by atoms with van der Waals surface area (Å²) in [5.41, 5.74) is 0.0109. The van der Waals surface area contributed by atoms with Crippen molar-refractivity contribution < 1.29 is 19.1 Å². The van der Waals surface area contributed by atoms with Gasteiger partial charge in [-0.2, -0.15) is 0 Å². The van der Waals surface area contributed by atoms with E-state index in [0.717, 1.165) is 6.42 Å². The highest BCUT2D eigenvalue weighted by Gasteiger charge is 2.13. The monoisotopic (exact) mass is 359 g/mol. The van der Waals surface area contributed by atoms with Crippen LogP contribution in [0.15, 0.2) is 22.7 Å². The minimum atomic E-state index is -0.811. The first-order chi connectivity index (χ1) is 9.93. The van der Waals surface area contributed by atoms with Gasteiger partial charge < -0.3 is 10.4 Å². The Labute approximate surface area is 131 Å². The van der Waals surface area contributed by atoms with Gasteiger partial charge in [-0.1, -0.05) is 29.3 Å². The van der Waals surface area contributed by atoms with Crippen LogP contribution in [0.5, 0.6) is 0 Å². The predicted octanol–water partition coefficient (Wildman–Crippen LogP) is 3.60. The van der Waals surface area contributed by atoms with E-state index >= 15 is 0 Å². The lowest BCUT2D eigenvalue weighted by Crippen LogP contribution is -2.26. The maximum Gasteiger partial charge on any atom is 0.303 e. The molecule has 116 valence electrons. The lowest BCUT2D eigenvalue weighted by molar-refractivity contribution is -0.137. The van der Waals surface area contributed by atoms with Gasteiger partial charge >= 0.3 is 5.97 Å². The van der Waals surface area contributed by atoms with Crippen molar-refractivity contribution in [3.8, 4) is 0 Å². The summed E-state index contributed by atoms with van der Waals surface area (Å²) in [5, 5.41) is 11.3. The van der Waals surface area contributed by atoms with Gasteiger partial charge in [0.1, 0.15) is 5.82 Å². The minimum Gasteiger partial charge on any atom is -0.481 e. The summed E-state index contributed by atoms with van der Waals surface area (Å²) in [4.78, 5) is 22.4. The summed E-state index contributed by atoms with van der Waals surface area (Å²) in [6.45, 7) is 2.40. The molecule has 0 spiro atoms. The molecule has 0 radical (unpaired) electrons. The van der Waals surface area contributed by atoms with E-state index in [0.29, 0.717) is 23.9 Å². The highest BCUT2D eigenvalue weighted by molar-refractivity contribution is 9.10. The fourth-order valence-electron chi connectivity index (χ4n) is 2.04. The van der Waals surface area contributed by atoms with Crippen molar-refractivity contribution in [2.24, 2.45) is 5.92 Å². The molecule has 0 fully saturated rings. The Morgan fingerprint density at radius 3 is 2.67 bits per heavy atom. The first-order valence-corrected chi connectivity index (χ1v) is 7.68. The number of benzene rings is 1. The molecule has 0 saturated heterocycles. The normalized spacial score (nSPS) is 12.0. The largest absolute Gasteiger partial charge is 0.481 e. The average Bonchev–Trinajstić information content (AvgIpc) is 2.42. The summed E-state index contributed by atoms with van der Waals surface area (Å²) in [6.07, 6.45) is 2.27. The Balaban J connectivity index is 2.43. The fourth-order valence-corrected chi connectivity index (χ4v) is 2.37. The maximum absolute atomic E-state index is 13.6. The molecule has 0 aliphatic rings. The van der Waals surface area contributed by atoms with Gasteiger partial charge in [-0.15, -0.1) is 0 Å². The molecule has 1 rings (SSSR count). The highest BCUT2D eigenvalue weighted by Crippen LogP contribution is 2.16. The first-order valence-electron chi connectivity index (χ1n) is 6.89. The number of halogens is 2. The third-order valence-electron chi connectivity index (χ3n) is 3.36. The molecule has 1 aromatic carbocycles. The molecule has 1 atom stereocenters. The average molecular weight is 360 g/mol. The van der Waals surface area contributed by atoms with E-state index < -0.39 is 17.7 Å². The number of carbonyl (C=O) groups excluding carboxylic acids is 1. The van der Waals surface area contributed by atoms with Crippen LogP contribution in [-0.2, 0) is 4.79 Å². The van der Waals surface area contributed by atoms with Crippen molar-refractivity contribution >= 4 is 27.8 Å². The molecule has 0 bridgehead atoms. The predicted molar refractivity (Wildman–Crippen MR) is 81.7 cm³/mol. The summed E-state index contributed by atoms with van der Waals surface area (Å²) in [6, 6.07) is 4.28. The minimum absolute atomic E-state index is 0.0109. The SMILES string of the molecule is CCC(CCNC(=O)c1ccc(Br)cc1F)CCC(=O)O. The fraction of sp³-hybridized carbons (Fsp3) is 0.467. The molecular formula is C15H19BrFNO3. The standard InChI is InChI=1S/C15H19BrFNO3/c1-2-10(3-6-14(19)20)7-8-18-15(21)12-5-4-11(16)9-13(12)17/h4-5,9-10H,2-3,6-8H2,1H3,(H,18,21)(H,19,20). The second kappa shape index (κ2) is 8.77. The number of amides is 1. The second-order valence-corrected chi connectivity index (χ2v) is 5.79. The van der Waals surface area contributed by atoms with Crippen molar-refractivity contribution in [1.29, 1.82) is 0 Å². The number of rotatable bonds is 8. The Kier molecular flexibility index (Phi) is 7.36. The zero-order chi connectivity index (χ0) is 15.8.